The Morgan fingerprint density at radius 3 is 2.55 bits per heavy atom. The van der Waals surface area contributed by atoms with Crippen LogP contribution in [0.3, 0.4) is 0 Å². The Bertz CT molecular complexity index is 811. The fourth-order valence-electron chi connectivity index (χ4n) is 2.88. The molecule has 31 heavy (non-hydrogen) atoms. The van der Waals surface area contributed by atoms with E-state index < -0.39 is 11.7 Å². The van der Waals surface area contributed by atoms with Crippen molar-refractivity contribution < 1.29 is 9.53 Å². The highest BCUT2D eigenvalue weighted by molar-refractivity contribution is 5.80. The first-order valence-corrected chi connectivity index (χ1v) is 10.7. The van der Waals surface area contributed by atoms with Gasteiger partial charge in [-0.3, -0.25) is 4.99 Å². The van der Waals surface area contributed by atoms with Crippen molar-refractivity contribution in [3.05, 3.63) is 42.5 Å². The lowest BCUT2D eigenvalue weighted by Gasteiger charge is -2.24. The highest BCUT2D eigenvalue weighted by Gasteiger charge is 2.18. The summed E-state index contributed by atoms with van der Waals surface area (Å²) in [4.78, 5) is 20.3. The monoisotopic (exact) mass is 429 g/mol. The molecule has 0 aliphatic rings. The molecule has 0 fully saturated rings. The number of hydrogen-bond donors (Lipinski definition) is 3. The van der Waals surface area contributed by atoms with E-state index in [0.717, 1.165) is 30.5 Å². The number of guanidine groups is 1. The van der Waals surface area contributed by atoms with Crippen LogP contribution in [0.2, 0.25) is 0 Å². The number of ether oxygens (including phenoxy) is 1. The largest absolute Gasteiger partial charge is 0.444 e. The first-order chi connectivity index (χ1) is 14.8. The second kappa shape index (κ2) is 11.9. The molecule has 0 aliphatic carbocycles. The fourth-order valence-corrected chi connectivity index (χ4v) is 2.88. The van der Waals surface area contributed by atoms with E-state index in [9.17, 15) is 4.79 Å². The maximum absolute atomic E-state index is 12.0. The quantitative estimate of drug-likeness (QED) is 0.418. The van der Waals surface area contributed by atoms with Crippen LogP contribution < -0.4 is 16.0 Å². The molecule has 2 rings (SSSR count). The number of rotatable bonds is 9. The highest BCUT2D eigenvalue weighted by atomic mass is 16.6. The van der Waals surface area contributed by atoms with Gasteiger partial charge in [0.1, 0.15) is 18.3 Å². The van der Waals surface area contributed by atoms with E-state index in [1.165, 1.54) is 6.33 Å². The van der Waals surface area contributed by atoms with Crippen molar-refractivity contribution >= 4 is 12.1 Å². The second-order valence-electron chi connectivity index (χ2n) is 8.30. The van der Waals surface area contributed by atoms with Crippen LogP contribution >= 0.6 is 0 Å². The minimum absolute atomic E-state index is 0.0494. The molecule has 0 bridgehead atoms. The van der Waals surface area contributed by atoms with Crippen LogP contribution in [0.4, 0.5) is 4.79 Å². The van der Waals surface area contributed by atoms with Gasteiger partial charge in [0.25, 0.3) is 0 Å². The Morgan fingerprint density at radius 1 is 1.23 bits per heavy atom. The molecule has 3 N–H and O–H groups in total. The molecule has 170 valence electrons. The van der Waals surface area contributed by atoms with Crippen molar-refractivity contribution in [1.29, 1.82) is 0 Å². The molecule has 0 radical (unpaired) electrons. The predicted molar refractivity (Wildman–Crippen MR) is 122 cm³/mol. The average molecular weight is 430 g/mol. The third-order valence-electron chi connectivity index (χ3n) is 4.44. The summed E-state index contributed by atoms with van der Waals surface area (Å²) in [5, 5.41) is 13.7. The van der Waals surface area contributed by atoms with E-state index in [-0.39, 0.29) is 6.04 Å². The Kier molecular flexibility index (Phi) is 9.30. The van der Waals surface area contributed by atoms with Crippen LogP contribution in [-0.2, 0) is 11.3 Å². The number of alkyl carbamates (subject to hydrolysis) is 1. The van der Waals surface area contributed by atoms with E-state index in [0.29, 0.717) is 19.0 Å². The molecular weight excluding hydrogens is 394 g/mol. The molecule has 1 unspecified atom stereocenters. The molecule has 1 heterocycles. The van der Waals surface area contributed by atoms with Gasteiger partial charge in [-0.1, -0.05) is 31.9 Å². The van der Waals surface area contributed by atoms with Gasteiger partial charge in [-0.15, -0.1) is 0 Å². The molecule has 9 nitrogen and oxygen atoms in total. The van der Waals surface area contributed by atoms with E-state index in [1.807, 2.05) is 45.0 Å². The number of aromatic nitrogens is 3. The molecule has 2 aromatic rings. The lowest BCUT2D eigenvalue weighted by molar-refractivity contribution is 0.0523. The van der Waals surface area contributed by atoms with Gasteiger partial charge in [0.05, 0.1) is 5.69 Å². The zero-order valence-corrected chi connectivity index (χ0v) is 19.2. The van der Waals surface area contributed by atoms with Crippen LogP contribution in [0.1, 0.15) is 52.5 Å². The standard InChI is InChI=1S/C22H35N7O2/c1-6-7-8-18(14-26-21(30)31-22(2,3)4)28-20(23-5)25-13-17-9-11-19(12-10-17)29-16-24-15-27-29/h9-12,15-16,18H,6-8,13-14H2,1-5H3,(H,26,30)(H2,23,25,28). The van der Waals surface area contributed by atoms with Crippen LogP contribution in [0.5, 0.6) is 0 Å². The Labute approximate surface area is 184 Å². The lowest BCUT2D eigenvalue weighted by atomic mass is 10.1. The Hall–Kier alpha value is -3.10. The van der Waals surface area contributed by atoms with Crippen LogP contribution in [0.15, 0.2) is 41.9 Å². The van der Waals surface area contributed by atoms with Crippen molar-refractivity contribution in [2.45, 2.75) is 65.1 Å². The molecule has 1 amide bonds. The zero-order valence-electron chi connectivity index (χ0n) is 19.2. The number of unbranched alkanes of at least 4 members (excludes halogenated alkanes) is 1. The lowest BCUT2D eigenvalue weighted by Crippen LogP contribution is -2.48. The number of carbonyl (C=O) groups excluding carboxylic acids is 1. The summed E-state index contributed by atoms with van der Waals surface area (Å²) in [5.41, 5.74) is 1.55. The number of nitrogens with one attached hydrogen (secondary N) is 3. The van der Waals surface area contributed by atoms with Crippen molar-refractivity contribution in [3.8, 4) is 5.69 Å². The molecule has 0 saturated carbocycles. The normalized spacial score (nSPS) is 12.9. The number of amides is 1. The third kappa shape index (κ3) is 9.06. The maximum atomic E-state index is 12.0. The van der Waals surface area contributed by atoms with Crippen molar-refractivity contribution in [3.63, 3.8) is 0 Å². The second-order valence-corrected chi connectivity index (χ2v) is 8.30. The Balaban J connectivity index is 1.87. The average Bonchev–Trinajstić information content (AvgIpc) is 3.26. The molecule has 0 saturated heterocycles. The van der Waals surface area contributed by atoms with E-state index >= 15 is 0 Å². The fraction of sp³-hybridized carbons (Fsp3) is 0.545. The van der Waals surface area contributed by atoms with Crippen LogP contribution in [-0.4, -0.2) is 52.1 Å². The third-order valence-corrected chi connectivity index (χ3v) is 4.44. The summed E-state index contributed by atoms with van der Waals surface area (Å²) in [5.74, 6) is 0.687. The molecule has 0 spiro atoms. The SMILES string of the molecule is CCCCC(CNC(=O)OC(C)(C)C)NC(=NC)NCc1ccc(-n2cncn2)cc1. The number of carbonyl (C=O) groups is 1. The summed E-state index contributed by atoms with van der Waals surface area (Å²) < 4.78 is 7.05. The van der Waals surface area contributed by atoms with Gasteiger partial charge in [0, 0.05) is 26.2 Å². The smallest absolute Gasteiger partial charge is 0.407 e. The molecular formula is C22H35N7O2. The summed E-state index contributed by atoms with van der Waals surface area (Å²) in [7, 11) is 1.74. The van der Waals surface area contributed by atoms with Gasteiger partial charge in [-0.25, -0.2) is 14.5 Å². The summed E-state index contributed by atoms with van der Waals surface area (Å²) >= 11 is 0. The maximum Gasteiger partial charge on any atom is 0.407 e. The van der Waals surface area contributed by atoms with Gasteiger partial charge in [0.15, 0.2) is 5.96 Å². The van der Waals surface area contributed by atoms with Crippen LogP contribution in [0.25, 0.3) is 5.69 Å². The minimum atomic E-state index is -0.516. The number of aliphatic imine (C=N–C) groups is 1. The molecule has 1 aromatic carbocycles. The van der Waals surface area contributed by atoms with E-state index in [2.05, 4.69) is 37.9 Å². The first kappa shape index (κ1) is 24.2. The van der Waals surface area contributed by atoms with E-state index in [1.54, 1.807) is 18.1 Å². The van der Waals surface area contributed by atoms with Crippen molar-refractivity contribution in [1.82, 2.24) is 30.7 Å². The highest BCUT2D eigenvalue weighted by Crippen LogP contribution is 2.09. The van der Waals surface area contributed by atoms with Crippen LogP contribution in [0, 0.1) is 0 Å². The molecule has 1 atom stereocenters. The number of nitrogens with zero attached hydrogens (tertiary/aromatic N) is 4. The van der Waals surface area contributed by atoms with Crippen molar-refractivity contribution in [2.24, 2.45) is 4.99 Å². The van der Waals surface area contributed by atoms with Gasteiger partial charge < -0.3 is 20.7 Å². The zero-order chi connectivity index (χ0) is 22.7. The first-order valence-electron chi connectivity index (χ1n) is 10.7. The molecule has 9 heteroatoms. The van der Waals surface area contributed by atoms with Crippen molar-refractivity contribution in [2.75, 3.05) is 13.6 Å². The predicted octanol–water partition coefficient (Wildman–Crippen LogP) is 3.02. The minimum Gasteiger partial charge on any atom is -0.444 e. The topological polar surface area (TPSA) is 105 Å². The number of benzene rings is 1. The summed E-state index contributed by atoms with van der Waals surface area (Å²) in [6.07, 6.45) is 5.81. The van der Waals surface area contributed by atoms with Gasteiger partial charge in [-0.05, 0) is 44.9 Å². The van der Waals surface area contributed by atoms with Gasteiger partial charge >= 0.3 is 6.09 Å². The number of hydrogen-bond acceptors (Lipinski definition) is 5. The Morgan fingerprint density at radius 2 is 1.97 bits per heavy atom. The van der Waals surface area contributed by atoms with E-state index in [4.69, 9.17) is 4.74 Å². The molecule has 0 aliphatic heterocycles. The summed E-state index contributed by atoms with van der Waals surface area (Å²) in [6, 6.07) is 8.12. The molecule has 1 aromatic heterocycles. The van der Waals surface area contributed by atoms with Gasteiger partial charge in [-0.2, -0.15) is 5.10 Å². The summed E-state index contributed by atoms with van der Waals surface area (Å²) in [6.45, 7) is 8.78. The van der Waals surface area contributed by atoms with Gasteiger partial charge in [0.2, 0.25) is 0 Å².